The largest absolute Gasteiger partial charge is 0.442 e. The summed E-state index contributed by atoms with van der Waals surface area (Å²) in [6.45, 7) is 5.53. The van der Waals surface area contributed by atoms with Crippen molar-refractivity contribution in [2.75, 3.05) is 11.6 Å². The van der Waals surface area contributed by atoms with Gasteiger partial charge in [0.2, 0.25) is 0 Å². The fourth-order valence-corrected chi connectivity index (χ4v) is 2.47. The SMILES string of the molecule is CSc1nc(Cl)c(C#N)c(NCc2ccnn2C(=O)OC(C)(C)C)n1. The number of halogens is 1. The summed E-state index contributed by atoms with van der Waals surface area (Å²) in [5, 5.41) is 16.7. The average molecular weight is 381 g/mol. The molecular weight excluding hydrogens is 364 g/mol. The van der Waals surface area contributed by atoms with Crippen LogP contribution >= 0.6 is 23.4 Å². The van der Waals surface area contributed by atoms with Crippen molar-refractivity contribution < 1.29 is 9.53 Å². The van der Waals surface area contributed by atoms with Crippen molar-refractivity contribution >= 4 is 35.3 Å². The first-order chi connectivity index (χ1) is 11.7. The lowest BCUT2D eigenvalue weighted by Crippen LogP contribution is -2.29. The summed E-state index contributed by atoms with van der Waals surface area (Å²) in [4.78, 5) is 20.4. The number of ether oxygens (including phenoxy) is 1. The van der Waals surface area contributed by atoms with E-state index in [2.05, 4.69) is 20.4 Å². The molecule has 0 aliphatic heterocycles. The van der Waals surface area contributed by atoms with Gasteiger partial charge in [-0.3, -0.25) is 0 Å². The molecule has 0 spiro atoms. The highest BCUT2D eigenvalue weighted by molar-refractivity contribution is 7.98. The maximum absolute atomic E-state index is 12.2. The normalized spacial score (nSPS) is 11.0. The standard InChI is InChI=1S/C15H17ClN6O2S/c1-15(2,3)24-14(23)22-9(5-6-19-22)8-18-12-10(7-17)11(16)20-13(21-12)25-4/h5-6H,8H2,1-4H3,(H,18,20,21). The smallest absolute Gasteiger partial charge is 0.435 e. The molecule has 0 amide bonds. The minimum atomic E-state index is -0.630. The first-order valence-corrected chi connectivity index (χ1v) is 8.87. The molecule has 1 N–H and O–H groups in total. The summed E-state index contributed by atoms with van der Waals surface area (Å²) in [5.41, 5.74) is 0.0659. The monoisotopic (exact) mass is 380 g/mol. The number of aromatic nitrogens is 4. The lowest BCUT2D eigenvalue weighted by Gasteiger charge is -2.19. The van der Waals surface area contributed by atoms with E-state index in [1.165, 1.54) is 18.0 Å². The van der Waals surface area contributed by atoms with Gasteiger partial charge in [0.1, 0.15) is 17.2 Å². The van der Waals surface area contributed by atoms with Crippen LogP contribution in [0.15, 0.2) is 17.4 Å². The van der Waals surface area contributed by atoms with Gasteiger partial charge in [-0.05, 0) is 33.1 Å². The molecule has 0 bridgehead atoms. The van der Waals surface area contributed by atoms with Crippen molar-refractivity contribution in [1.29, 1.82) is 5.26 Å². The van der Waals surface area contributed by atoms with Crippen molar-refractivity contribution in [2.45, 2.75) is 38.1 Å². The number of nitrogens with one attached hydrogen (secondary N) is 1. The molecule has 2 aromatic rings. The van der Waals surface area contributed by atoms with Crippen LogP contribution < -0.4 is 5.32 Å². The first kappa shape index (κ1) is 19.0. The van der Waals surface area contributed by atoms with E-state index in [4.69, 9.17) is 16.3 Å². The number of carbonyl (C=O) groups is 1. The molecule has 0 fully saturated rings. The van der Waals surface area contributed by atoms with E-state index < -0.39 is 11.7 Å². The minimum absolute atomic E-state index is 0.0741. The number of nitrogens with zero attached hydrogens (tertiary/aromatic N) is 5. The van der Waals surface area contributed by atoms with Crippen LogP contribution in [-0.2, 0) is 11.3 Å². The Hall–Kier alpha value is -2.31. The molecule has 0 aliphatic rings. The molecule has 0 aliphatic carbocycles. The second kappa shape index (κ2) is 7.72. The molecule has 0 radical (unpaired) electrons. The molecule has 0 unspecified atom stereocenters. The second-order valence-corrected chi connectivity index (χ2v) is 7.04. The van der Waals surface area contributed by atoms with E-state index in [0.29, 0.717) is 16.7 Å². The van der Waals surface area contributed by atoms with Crippen LogP contribution in [0.4, 0.5) is 10.6 Å². The van der Waals surface area contributed by atoms with Gasteiger partial charge in [0, 0.05) is 6.20 Å². The van der Waals surface area contributed by atoms with E-state index in [1.807, 2.05) is 6.07 Å². The summed E-state index contributed by atoms with van der Waals surface area (Å²) < 4.78 is 6.46. The van der Waals surface area contributed by atoms with E-state index in [0.717, 1.165) is 4.68 Å². The van der Waals surface area contributed by atoms with E-state index in [-0.39, 0.29) is 17.3 Å². The topological polar surface area (TPSA) is 106 Å². The molecular formula is C15H17ClN6O2S. The molecule has 2 heterocycles. The Morgan fingerprint density at radius 3 is 2.80 bits per heavy atom. The zero-order chi connectivity index (χ0) is 18.6. The number of hydrogen-bond acceptors (Lipinski definition) is 8. The highest BCUT2D eigenvalue weighted by atomic mass is 35.5. The number of nitriles is 1. The molecule has 10 heteroatoms. The molecule has 0 saturated carbocycles. The molecule has 0 aromatic carbocycles. The average Bonchev–Trinajstić information content (AvgIpc) is 2.99. The second-order valence-electron chi connectivity index (χ2n) is 5.90. The van der Waals surface area contributed by atoms with Crippen molar-refractivity contribution in [3.05, 3.63) is 28.7 Å². The van der Waals surface area contributed by atoms with Gasteiger partial charge in [-0.2, -0.15) is 15.0 Å². The van der Waals surface area contributed by atoms with Crippen molar-refractivity contribution in [2.24, 2.45) is 0 Å². The van der Waals surface area contributed by atoms with Crippen LogP contribution in [-0.4, -0.2) is 37.7 Å². The van der Waals surface area contributed by atoms with Gasteiger partial charge in [0.15, 0.2) is 16.1 Å². The molecule has 0 saturated heterocycles. The Labute approximate surface area is 154 Å². The van der Waals surface area contributed by atoms with Crippen LogP contribution in [0.25, 0.3) is 0 Å². The minimum Gasteiger partial charge on any atom is -0.442 e. The van der Waals surface area contributed by atoms with Crippen LogP contribution in [0.5, 0.6) is 0 Å². The van der Waals surface area contributed by atoms with Crippen LogP contribution in [0.2, 0.25) is 5.15 Å². The Morgan fingerprint density at radius 2 is 2.20 bits per heavy atom. The Bertz CT molecular complexity index is 824. The Balaban J connectivity index is 2.21. The van der Waals surface area contributed by atoms with Gasteiger partial charge < -0.3 is 10.1 Å². The molecule has 132 valence electrons. The van der Waals surface area contributed by atoms with E-state index in [9.17, 15) is 10.1 Å². The fourth-order valence-electron chi connectivity index (χ4n) is 1.84. The maximum Gasteiger partial charge on any atom is 0.435 e. The number of rotatable bonds is 4. The third-order valence-corrected chi connectivity index (χ3v) is 3.68. The van der Waals surface area contributed by atoms with Crippen molar-refractivity contribution in [3.8, 4) is 6.07 Å². The summed E-state index contributed by atoms with van der Waals surface area (Å²) in [6.07, 6.45) is 2.71. The third kappa shape index (κ3) is 4.84. The first-order valence-electron chi connectivity index (χ1n) is 7.27. The van der Waals surface area contributed by atoms with Crippen LogP contribution in [0, 0.1) is 11.3 Å². The lowest BCUT2D eigenvalue weighted by molar-refractivity contribution is 0.0510. The number of thioether (sulfide) groups is 1. The lowest BCUT2D eigenvalue weighted by atomic mass is 10.2. The Morgan fingerprint density at radius 1 is 1.48 bits per heavy atom. The summed E-state index contributed by atoms with van der Waals surface area (Å²) >= 11 is 7.32. The predicted octanol–water partition coefficient (Wildman–Crippen LogP) is 3.32. The predicted molar refractivity (Wildman–Crippen MR) is 94.7 cm³/mol. The van der Waals surface area contributed by atoms with E-state index >= 15 is 0 Å². The molecule has 2 aromatic heterocycles. The number of anilines is 1. The fraction of sp³-hybridized carbons (Fsp3) is 0.400. The van der Waals surface area contributed by atoms with Gasteiger partial charge in [-0.25, -0.2) is 14.8 Å². The molecule has 25 heavy (non-hydrogen) atoms. The maximum atomic E-state index is 12.2. The third-order valence-electron chi connectivity index (χ3n) is 2.86. The quantitative estimate of drug-likeness (QED) is 0.489. The highest BCUT2D eigenvalue weighted by Crippen LogP contribution is 2.24. The summed E-state index contributed by atoms with van der Waals surface area (Å²) in [7, 11) is 0. The van der Waals surface area contributed by atoms with Gasteiger partial charge in [0.05, 0.1) is 12.2 Å². The van der Waals surface area contributed by atoms with Crippen LogP contribution in [0.1, 0.15) is 32.0 Å². The summed E-state index contributed by atoms with van der Waals surface area (Å²) in [5.74, 6) is 0.295. The zero-order valence-electron chi connectivity index (χ0n) is 14.2. The van der Waals surface area contributed by atoms with Crippen LogP contribution in [0.3, 0.4) is 0 Å². The van der Waals surface area contributed by atoms with Crippen molar-refractivity contribution in [1.82, 2.24) is 19.7 Å². The molecule has 2 rings (SSSR count). The van der Waals surface area contributed by atoms with Gasteiger partial charge in [-0.15, -0.1) is 0 Å². The number of hydrogen-bond donors (Lipinski definition) is 1. The molecule has 8 nitrogen and oxygen atoms in total. The van der Waals surface area contributed by atoms with Gasteiger partial charge in [0.25, 0.3) is 0 Å². The molecule has 0 atom stereocenters. The van der Waals surface area contributed by atoms with E-state index in [1.54, 1.807) is 33.1 Å². The number of carbonyl (C=O) groups excluding carboxylic acids is 1. The zero-order valence-corrected chi connectivity index (χ0v) is 15.8. The van der Waals surface area contributed by atoms with Gasteiger partial charge >= 0.3 is 6.09 Å². The highest BCUT2D eigenvalue weighted by Gasteiger charge is 2.20. The Kier molecular flexibility index (Phi) is 5.87. The van der Waals surface area contributed by atoms with Gasteiger partial charge in [-0.1, -0.05) is 23.4 Å². The van der Waals surface area contributed by atoms with Crippen molar-refractivity contribution in [3.63, 3.8) is 0 Å². The summed E-state index contributed by atoms with van der Waals surface area (Å²) in [6, 6.07) is 3.64.